The number of rotatable bonds is 33. The van der Waals surface area contributed by atoms with Crippen molar-refractivity contribution in [3.05, 3.63) is 126 Å². The van der Waals surface area contributed by atoms with Crippen molar-refractivity contribution in [1.82, 2.24) is 29.9 Å². The van der Waals surface area contributed by atoms with Crippen molar-refractivity contribution < 1.29 is 283 Å². The Bertz CT molecular complexity index is 5510. The summed E-state index contributed by atoms with van der Waals surface area (Å²) in [6.07, 6.45) is 0. The monoisotopic (exact) mass is 1730 g/mol. The van der Waals surface area contributed by atoms with Gasteiger partial charge in [-0.3, -0.25) is 0 Å². The Hall–Kier alpha value is -4.31. The number of phenols is 2. The predicted molar refractivity (Wildman–Crippen MR) is 379 cm³/mol. The topological polar surface area (TPSA) is 623 Å². The molecule has 0 saturated heterocycles. The smallest absolute Gasteiger partial charge is 0.748 e. The van der Waals surface area contributed by atoms with Crippen LogP contribution in [-0.4, -0.2) is 224 Å². The number of aromatic carboxylic acids is 1. The minimum absolute atomic E-state index is 0. The van der Waals surface area contributed by atoms with Gasteiger partial charge in [0.2, 0.25) is 29.7 Å². The first-order chi connectivity index (χ1) is 50.4. The van der Waals surface area contributed by atoms with Gasteiger partial charge >= 0.3 is 177 Å². The second-order valence-electron chi connectivity index (χ2n) is 22.5. The number of azo groups is 2. The van der Waals surface area contributed by atoms with Crippen LogP contribution in [0.5, 0.6) is 11.5 Å². The molecule has 0 atom stereocenters. The Morgan fingerprint density at radius 3 is 1.25 bits per heavy atom. The van der Waals surface area contributed by atoms with E-state index in [2.05, 4.69) is 66.3 Å². The van der Waals surface area contributed by atoms with Gasteiger partial charge in [-0.25, -0.2) is 42.1 Å². The fraction of sp³-hybridized carbons (Fsp3) is 0.262. The quantitative estimate of drug-likeness (QED) is 0.00798. The third kappa shape index (κ3) is 29.0. The molecule has 9 rings (SSSR count). The fourth-order valence-corrected chi connectivity index (χ4v) is 14.0. The first kappa shape index (κ1) is 105. The number of para-hydroxylation sites is 1. The van der Waals surface area contributed by atoms with Crippen LogP contribution in [0.4, 0.5) is 69.6 Å². The van der Waals surface area contributed by atoms with Gasteiger partial charge in [0.1, 0.15) is 74.7 Å². The number of benzene rings is 7. The summed E-state index contributed by atoms with van der Waals surface area (Å²) in [5.74, 6) is -3.66. The van der Waals surface area contributed by atoms with E-state index in [9.17, 15) is 105 Å². The van der Waals surface area contributed by atoms with Gasteiger partial charge < -0.3 is 98.9 Å². The van der Waals surface area contributed by atoms with Crippen molar-refractivity contribution in [2.24, 2.45) is 20.5 Å². The third-order valence-corrected chi connectivity index (χ3v) is 20.2. The average Bonchev–Trinajstić information content (AvgIpc) is 0.771. The molecule has 0 aliphatic heterocycles. The average molecular weight is 1730 g/mol. The van der Waals surface area contributed by atoms with Crippen molar-refractivity contribution in [3.63, 3.8) is 0 Å². The van der Waals surface area contributed by atoms with Gasteiger partial charge in [0, 0.05) is 90.2 Å². The van der Waals surface area contributed by atoms with Crippen molar-refractivity contribution in [2.75, 3.05) is 128 Å². The normalized spacial score (nSPS) is 11.5. The van der Waals surface area contributed by atoms with E-state index in [0.29, 0.717) is 11.1 Å². The van der Waals surface area contributed by atoms with Gasteiger partial charge in [-0.1, -0.05) is 54.2 Å². The third-order valence-electron chi connectivity index (χ3n) is 15.0. The minimum Gasteiger partial charge on any atom is -0.748 e. The molecule has 9 aromatic rings. The number of fused-ring (bicyclic) bond motifs is 2. The molecule has 0 bridgehead atoms. The Morgan fingerprint density at radius 2 is 0.867 bits per heavy atom. The molecule has 2 heterocycles. The molecule has 0 fully saturated rings. The summed E-state index contributed by atoms with van der Waals surface area (Å²) < 4.78 is 177. The standard InChI is InChI=1S/C33H35N9O11S2.C28H34N8O12S4.6Na/c1-34-24-9-8-20-16-21(54(48,49)50)17-26(45)28(20)29(24)40-39-25-15-19(7-10-27(25)55(51,52)53)18-41(2)32-36-31(35-23-6-4-3-5-22(23)30(46)47)37-33(38-32)42(11-13-43)12-14-44;1-29-20-5-4-18-14-19(51(43,44)45)15-22(39)24(18)25(20)34-33-21-13-17(3-6-23(21)52(46,47)48)16-35(2)26-30-27(36(7-9-37)8-10-38)32-28(31-26)49-11-12-50(40,41)42;;;;;;/h3-10,15-17,34,43-45H,11-14,18H2,1-2H3,(H,46,47)(H,48,49,50)(H,51,52,53)(H,35,36,37,38);3-6,13-15,29,37-39H,7-12,16H2,1-2H3,(H,40,41,42)(H,43,44,45)(H,46,47,48);;;;;;/q;;6*+1/p-6. The number of phenolic OH excluding ortho intramolecular Hbond substituents is 2. The number of aromatic hydroxyl groups is 2. The van der Waals surface area contributed by atoms with Crippen molar-refractivity contribution in [3.8, 4) is 11.5 Å². The van der Waals surface area contributed by atoms with Crippen LogP contribution in [0.3, 0.4) is 0 Å². The summed E-state index contributed by atoms with van der Waals surface area (Å²) in [5, 5.41) is 96.4. The molecule has 40 nitrogen and oxygen atoms in total. The number of aliphatic hydroxyl groups excluding tert-OH is 4. The molecule has 7 aromatic carbocycles. The molecule has 0 amide bonds. The van der Waals surface area contributed by atoms with E-state index in [4.69, 9.17) is 0 Å². The van der Waals surface area contributed by atoms with Crippen LogP contribution < -0.4 is 218 Å². The molecule has 0 aliphatic carbocycles. The van der Waals surface area contributed by atoms with Gasteiger partial charge in [-0.05, 0) is 88.6 Å². The van der Waals surface area contributed by atoms with Crippen LogP contribution >= 0.6 is 11.8 Å². The van der Waals surface area contributed by atoms with E-state index < -0.39 is 105 Å². The Kier molecular flexibility index (Phi) is 42.9. The zero-order valence-electron chi connectivity index (χ0n) is 62.2. The first-order valence-electron chi connectivity index (χ1n) is 30.8. The van der Waals surface area contributed by atoms with E-state index in [-0.39, 0.29) is 339 Å². The molecule has 0 radical (unpaired) electrons. The van der Waals surface area contributed by atoms with E-state index >= 15 is 0 Å². The molecule has 52 heteroatoms. The molecule has 0 unspecified atom stereocenters. The van der Waals surface area contributed by atoms with Crippen LogP contribution in [0.1, 0.15) is 21.5 Å². The number of thioether (sulfide) groups is 1. The van der Waals surface area contributed by atoms with Crippen LogP contribution in [0, 0.1) is 0 Å². The Labute approximate surface area is 785 Å². The van der Waals surface area contributed by atoms with E-state index in [1.165, 1.54) is 100 Å². The molecule has 2 aromatic heterocycles. The maximum Gasteiger partial charge on any atom is 1.00 e. The number of anilines is 8. The number of aromatic nitrogens is 6. The number of carboxylic acids is 1. The fourth-order valence-electron chi connectivity index (χ4n) is 10.2. The summed E-state index contributed by atoms with van der Waals surface area (Å²) in [7, 11) is -18.5. The number of hydrogen-bond acceptors (Lipinski definition) is 41. The van der Waals surface area contributed by atoms with Crippen LogP contribution in [0.15, 0.2) is 154 Å². The Balaban J connectivity index is 0.000000729. The number of carbonyl (C=O) groups is 1. The van der Waals surface area contributed by atoms with Gasteiger partial charge in [0.15, 0.2) is 5.16 Å². The largest absolute Gasteiger partial charge is 1.00 e. The summed E-state index contributed by atoms with van der Waals surface area (Å²) >= 11 is 0.854. The minimum atomic E-state index is -5.11. The summed E-state index contributed by atoms with van der Waals surface area (Å²) in [6, 6.07) is 22.4. The second kappa shape index (κ2) is 46.3. The molecule has 113 heavy (non-hydrogen) atoms. The summed E-state index contributed by atoms with van der Waals surface area (Å²) in [6.45, 7) is -1.31. The summed E-state index contributed by atoms with van der Waals surface area (Å²) in [4.78, 5) is 41.0. The maximum atomic E-state index is 12.3. The molecule has 9 N–H and O–H groups in total. The molecular weight excluding hydrogens is 1670 g/mol. The van der Waals surface area contributed by atoms with E-state index in [0.717, 1.165) is 48.2 Å². The number of carbonyl (C=O) groups excluding carboxylic acids is 1. The van der Waals surface area contributed by atoms with E-state index in [1.807, 2.05) is 0 Å². The summed E-state index contributed by atoms with van der Waals surface area (Å²) in [5.41, 5.74) is 0.225. The number of hydrogen-bond donors (Lipinski definition) is 9. The zero-order chi connectivity index (χ0) is 78.5. The van der Waals surface area contributed by atoms with Gasteiger partial charge in [-0.2, -0.15) is 29.9 Å². The van der Waals surface area contributed by atoms with Crippen LogP contribution in [-0.2, 0) is 63.7 Å². The van der Waals surface area contributed by atoms with Gasteiger partial charge in [-0.15, -0.1) is 20.5 Å². The number of nitrogens with zero attached hydrogens (tertiary/aromatic N) is 14. The first-order valence-corrected chi connectivity index (χ1v) is 39.0. The van der Waals surface area contributed by atoms with Crippen LogP contribution in [0.2, 0.25) is 0 Å². The molecule has 0 spiro atoms. The molecule has 0 saturated carbocycles. The van der Waals surface area contributed by atoms with Crippen molar-refractivity contribution >= 4 is 159 Å². The number of nitrogens with one attached hydrogen (secondary N) is 3. The molecular formula is C61H63N17Na6O23S6. The van der Waals surface area contributed by atoms with E-state index in [1.54, 1.807) is 20.2 Å². The zero-order valence-corrected chi connectivity index (χ0v) is 79.1. The predicted octanol–water partition coefficient (Wildman–Crippen LogP) is -15.4. The SMILES string of the molecule is CNc1ccc2cc(S(=O)(=O)[O-])cc(O)c2c1N=Nc1cc(CN(C)c2nc(Nc3ccccc3C(=O)[O-])nc(N(CCO)CCO)n2)ccc1S(=O)(=O)[O-].CNc1ccc2cc(S(=O)(=O)[O-])cc(O)c2c1N=Nc1cc(CN(C)c2nc(SCCS(=O)(=O)[O-])nc(N(CCO)CCO)n2)ccc1S(=O)(=O)[O-].[Na+].[Na+].[Na+].[Na+].[Na+].[Na+]. The van der Waals surface area contributed by atoms with Crippen molar-refractivity contribution in [2.45, 2.75) is 37.8 Å². The van der Waals surface area contributed by atoms with Gasteiger partial charge in [0.05, 0.1) is 84.2 Å². The Morgan fingerprint density at radius 1 is 0.478 bits per heavy atom. The van der Waals surface area contributed by atoms with Gasteiger partial charge in [0.25, 0.3) is 0 Å². The molecule has 0 aliphatic rings. The number of aliphatic hydroxyl groups is 4. The number of carboxylic acid groups (broad SMARTS) is 1. The van der Waals surface area contributed by atoms with Crippen molar-refractivity contribution in [1.29, 1.82) is 0 Å². The molecule has 572 valence electrons. The second-order valence-corrected chi connectivity index (χ2v) is 30.5. The maximum absolute atomic E-state index is 12.3. The van der Waals surface area contributed by atoms with Crippen LogP contribution in [0.25, 0.3) is 21.5 Å².